The Bertz CT molecular complexity index is 3190. The first-order valence-corrected chi connectivity index (χ1v) is 19.5. The van der Waals surface area contributed by atoms with Crippen LogP contribution in [0.25, 0.3) is 109 Å². The Hall–Kier alpha value is -6.94. The summed E-state index contributed by atoms with van der Waals surface area (Å²) < 4.78 is 2.47. The summed E-state index contributed by atoms with van der Waals surface area (Å²) in [5.41, 5.74) is 13.4. The van der Waals surface area contributed by atoms with Gasteiger partial charge in [-0.2, -0.15) is 0 Å². The van der Waals surface area contributed by atoms with Crippen LogP contribution in [-0.4, -0.2) is 9.97 Å². The van der Waals surface area contributed by atoms with E-state index in [1.165, 1.54) is 69.9 Å². The monoisotopic (exact) mass is 716 g/mol. The third kappa shape index (κ3) is 5.40. The van der Waals surface area contributed by atoms with E-state index in [-0.39, 0.29) is 0 Å². The average Bonchev–Trinajstić information content (AvgIpc) is 3.65. The van der Waals surface area contributed by atoms with Crippen molar-refractivity contribution in [2.45, 2.75) is 0 Å². The fourth-order valence-electron chi connectivity index (χ4n) is 8.14. The van der Waals surface area contributed by atoms with Crippen LogP contribution in [0.1, 0.15) is 0 Å². The van der Waals surface area contributed by atoms with Crippen molar-refractivity contribution in [3.05, 3.63) is 194 Å². The predicted molar refractivity (Wildman–Crippen MR) is 235 cm³/mol. The van der Waals surface area contributed by atoms with E-state index in [1.54, 1.807) is 0 Å². The lowest BCUT2D eigenvalue weighted by Gasteiger charge is -2.12. The van der Waals surface area contributed by atoms with Crippen molar-refractivity contribution in [3.8, 4) is 55.8 Å². The molecule has 0 aliphatic heterocycles. The quantitative estimate of drug-likeness (QED) is 0.166. The van der Waals surface area contributed by atoms with E-state index in [4.69, 9.17) is 9.97 Å². The Kier molecular flexibility index (Phi) is 7.39. The number of benzene rings is 9. The van der Waals surface area contributed by atoms with Crippen molar-refractivity contribution in [1.29, 1.82) is 0 Å². The van der Waals surface area contributed by atoms with Crippen LogP contribution in [0.15, 0.2) is 194 Å². The lowest BCUT2D eigenvalue weighted by Crippen LogP contribution is -1.93. The molecule has 55 heavy (non-hydrogen) atoms. The van der Waals surface area contributed by atoms with Crippen molar-refractivity contribution in [1.82, 2.24) is 9.97 Å². The van der Waals surface area contributed by atoms with Gasteiger partial charge in [0.05, 0.1) is 22.9 Å². The molecule has 11 aromatic rings. The summed E-state index contributed by atoms with van der Waals surface area (Å²) in [7, 11) is 0. The van der Waals surface area contributed by atoms with E-state index in [9.17, 15) is 0 Å². The summed E-state index contributed by atoms with van der Waals surface area (Å²) in [4.78, 5) is 10.6. The molecule has 0 amide bonds. The van der Waals surface area contributed by atoms with Crippen molar-refractivity contribution >= 4 is 64.1 Å². The van der Waals surface area contributed by atoms with Crippen molar-refractivity contribution in [2.75, 3.05) is 0 Å². The van der Waals surface area contributed by atoms with Gasteiger partial charge in [0.15, 0.2) is 0 Å². The third-order valence-corrected chi connectivity index (χ3v) is 12.1. The van der Waals surface area contributed by atoms with Crippen molar-refractivity contribution < 1.29 is 0 Å². The second-order valence-corrected chi connectivity index (χ2v) is 15.2. The summed E-state index contributed by atoms with van der Waals surface area (Å²) in [6.07, 6.45) is 1.98. The van der Waals surface area contributed by atoms with Crippen LogP contribution in [0, 0.1) is 0 Å². The maximum atomic E-state index is 5.48. The molecule has 2 aromatic heterocycles. The molecule has 0 atom stereocenters. The smallest absolute Gasteiger partial charge is 0.0979 e. The summed E-state index contributed by atoms with van der Waals surface area (Å²) in [5, 5.41) is 7.12. The number of hydrogen-bond acceptors (Lipinski definition) is 3. The van der Waals surface area contributed by atoms with Crippen molar-refractivity contribution in [3.63, 3.8) is 0 Å². The molecule has 9 aromatic carbocycles. The lowest BCUT2D eigenvalue weighted by molar-refractivity contribution is 1.31. The van der Waals surface area contributed by atoms with Gasteiger partial charge in [-0.05, 0) is 79.5 Å². The van der Waals surface area contributed by atoms with Crippen molar-refractivity contribution in [2.24, 2.45) is 0 Å². The molecule has 0 fully saturated rings. The second-order valence-electron chi connectivity index (χ2n) is 14.1. The van der Waals surface area contributed by atoms with Crippen LogP contribution in [0.4, 0.5) is 0 Å². The molecule has 0 saturated heterocycles. The van der Waals surface area contributed by atoms with E-state index < -0.39 is 0 Å². The van der Waals surface area contributed by atoms with Gasteiger partial charge >= 0.3 is 0 Å². The fraction of sp³-hybridized carbons (Fsp3) is 0. The first-order valence-electron chi connectivity index (χ1n) is 18.6. The number of fused-ring (bicyclic) bond motifs is 9. The molecule has 0 spiro atoms. The molecule has 0 unspecified atom stereocenters. The summed E-state index contributed by atoms with van der Waals surface area (Å²) in [6, 6.07) is 67.7. The van der Waals surface area contributed by atoms with E-state index >= 15 is 0 Å². The van der Waals surface area contributed by atoms with Crippen LogP contribution in [0.5, 0.6) is 0 Å². The molecule has 11 rings (SSSR count). The summed E-state index contributed by atoms with van der Waals surface area (Å²) >= 11 is 1.83. The maximum Gasteiger partial charge on any atom is 0.0979 e. The first-order chi connectivity index (χ1) is 27.2. The van der Waals surface area contributed by atoms with Gasteiger partial charge in [-0.15, -0.1) is 11.3 Å². The van der Waals surface area contributed by atoms with E-state index in [0.717, 1.165) is 38.6 Å². The molecule has 0 aliphatic rings. The highest BCUT2D eigenvalue weighted by molar-refractivity contribution is 7.26. The highest BCUT2D eigenvalue weighted by Crippen LogP contribution is 2.44. The first kappa shape index (κ1) is 31.6. The molecule has 256 valence electrons. The number of nitrogens with zero attached hydrogens (tertiary/aromatic N) is 2. The fourth-order valence-corrected chi connectivity index (χ4v) is 9.33. The van der Waals surface area contributed by atoms with Crippen LogP contribution in [0.2, 0.25) is 0 Å². The maximum absolute atomic E-state index is 5.48. The Morgan fingerprint density at radius 1 is 0.327 bits per heavy atom. The molecule has 0 radical (unpaired) electrons. The Balaban J connectivity index is 1.11. The normalized spacial score (nSPS) is 11.6. The van der Waals surface area contributed by atoms with Gasteiger partial charge in [-0.1, -0.05) is 164 Å². The van der Waals surface area contributed by atoms with E-state index in [1.807, 2.05) is 17.5 Å². The summed E-state index contributed by atoms with van der Waals surface area (Å²) in [5.74, 6) is 0. The predicted octanol–water partition coefficient (Wildman–Crippen LogP) is 14.6. The topological polar surface area (TPSA) is 25.8 Å². The van der Waals surface area contributed by atoms with Gasteiger partial charge < -0.3 is 0 Å². The summed E-state index contributed by atoms with van der Waals surface area (Å²) in [6.45, 7) is 0. The molecule has 0 N–H and O–H groups in total. The number of aromatic nitrogens is 2. The highest BCUT2D eigenvalue weighted by Gasteiger charge is 2.18. The van der Waals surface area contributed by atoms with Crippen LogP contribution < -0.4 is 0 Å². The molecule has 0 saturated carbocycles. The minimum absolute atomic E-state index is 0.879. The van der Waals surface area contributed by atoms with Gasteiger partial charge in [-0.3, -0.25) is 4.98 Å². The molecule has 2 heterocycles. The van der Waals surface area contributed by atoms with Crippen LogP contribution >= 0.6 is 11.3 Å². The lowest BCUT2D eigenvalue weighted by atomic mass is 9.95. The number of rotatable bonds is 5. The SMILES string of the molecule is c1ccc(-c2ccc(-c3ccc4sc5c(-c6cnc7c8ccccc8c8ccccc8c7n6)cc(-c6ccc(-c7ccccc7)cc6)cc5c4c3)cc2)cc1. The molecule has 2 nitrogen and oxygen atoms in total. The largest absolute Gasteiger partial charge is 0.252 e. The van der Waals surface area contributed by atoms with E-state index in [0.29, 0.717) is 0 Å². The molecule has 0 aliphatic carbocycles. The molecule has 3 heteroatoms. The zero-order valence-corrected chi connectivity index (χ0v) is 30.6. The minimum atomic E-state index is 0.879. The average molecular weight is 717 g/mol. The minimum Gasteiger partial charge on any atom is -0.252 e. The zero-order valence-electron chi connectivity index (χ0n) is 29.8. The van der Waals surface area contributed by atoms with Gasteiger partial charge in [-0.25, -0.2) is 4.98 Å². The van der Waals surface area contributed by atoms with Crippen LogP contribution in [0.3, 0.4) is 0 Å². The highest BCUT2D eigenvalue weighted by atomic mass is 32.1. The third-order valence-electron chi connectivity index (χ3n) is 10.9. The number of thiophene rings is 1. The standard InChI is InChI=1S/C52H32N2S/c1-3-11-33(12-4-1)35-19-23-37(24-20-35)39-27-28-49-45(29-39)46-30-40(38-25-21-36(22-26-38)34-13-5-2-6-14-34)31-47(52(46)55-49)48-32-53-50-43-17-9-7-15-41(43)42-16-8-10-18-44(42)51(50)54-48/h1-32H. The Morgan fingerprint density at radius 2 is 0.782 bits per heavy atom. The number of hydrogen-bond donors (Lipinski definition) is 0. The van der Waals surface area contributed by atoms with Crippen LogP contribution in [-0.2, 0) is 0 Å². The van der Waals surface area contributed by atoms with Gasteiger partial charge in [0.1, 0.15) is 0 Å². The zero-order chi connectivity index (χ0) is 36.3. The molecule has 0 bridgehead atoms. The molecular formula is C52H32N2S. The molecular weight excluding hydrogens is 685 g/mol. The van der Waals surface area contributed by atoms with E-state index in [2.05, 4.69) is 188 Å². The Labute approximate surface area is 322 Å². The van der Waals surface area contributed by atoms with Gasteiger partial charge in [0.2, 0.25) is 0 Å². The van der Waals surface area contributed by atoms with Gasteiger partial charge in [0, 0.05) is 36.5 Å². The van der Waals surface area contributed by atoms with Gasteiger partial charge in [0.25, 0.3) is 0 Å². The Morgan fingerprint density at radius 3 is 1.38 bits per heavy atom. The second kappa shape index (κ2) is 12.9.